The standard InChI is InChI=1S/C25H30N4O2/c1-18(2)29(17-21-11-14-24(30)26-21)16-20-15-28(3)27-25(20)19-9-12-23(13-10-19)31-22-7-5-4-6-8-22/h4-10,12-13,15,18,21H,11,14,16-17H2,1-3H3,(H,26,30). The maximum atomic E-state index is 11.6. The summed E-state index contributed by atoms with van der Waals surface area (Å²) in [4.78, 5) is 14.0. The van der Waals surface area contributed by atoms with Crippen LogP contribution in [0, 0.1) is 0 Å². The summed E-state index contributed by atoms with van der Waals surface area (Å²) in [7, 11) is 1.96. The van der Waals surface area contributed by atoms with Crippen LogP contribution < -0.4 is 10.1 Å². The Morgan fingerprint density at radius 1 is 1.13 bits per heavy atom. The molecule has 6 nitrogen and oxygen atoms in total. The molecule has 162 valence electrons. The van der Waals surface area contributed by atoms with Crippen LogP contribution in [0.2, 0.25) is 0 Å². The van der Waals surface area contributed by atoms with E-state index >= 15 is 0 Å². The number of benzene rings is 2. The van der Waals surface area contributed by atoms with Crippen molar-refractivity contribution in [1.29, 1.82) is 0 Å². The molecule has 0 saturated carbocycles. The normalized spacial score (nSPS) is 16.2. The SMILES string of the molecule is CC(C)N(Cc1cn(C)nc1-c1ccc(Oc2ccccc2)cc1)CC1CCC(=O)N1. The summed E-state index contributed by atoms with van der Waals surface area (Å²) in [6, 6.07) is 18.4. The molecule has 0 aliphatic carbocycles. The van der Waals surface area contributed by atoms with Gasteiger partial charge in [-0.15, -0.1) is 0 Å². The van der Waals surface area contributed by atoms with Crippen molar-refractivity contribution in [3.05, 3.63) is 66.4 Å². The fourth-order valence-corrected chi connectivity index (χ4v) is 3.98. The van der Waals surface area contributed by atoms with Gasteiger partial charge < -0.3 is 10.1 Å². The highest BCUT2D eigenvalue weighted by molar-refractivity contribution is 5.78. The molecule has 1 aromatic heterocycles. The van der Waals surface area contributed by atoms with Crippen LogP contribution in [0.25, 0.3) is 11.3 Å². The van der Waals surface area contributed by atoms with Crippen LogP contribution in [0.1, 0.15) is 32.3 Å². The van der Waals surface area contributed by atoms with Crippen molar-refractivity contribution in [2.45, 2.75) is 45.3 Å². The van der Waals surface area contributed by atoms with Gasteiger partial charge in [-0.3, -0.25) is 14.4 Å². The molecule has 2 heterocycles. The van der Waals surface area contributed by atoms with Gasteiger partial charge in [0.1, 0.15) is 11.5 Å². The first-order chi connectivity index (χ1) is 15.0. The van der Waals surface area contributed by atoms with Crippen molar-refractivity contribution >= 4 is 5.91 Å². The Balaban J connectivity index is 1.50. The molecular formula is C25H30N4O2. The third kappa shape index (κ3) is 5.33. The monoisotopic (exact) mass is 418 g/mol. The number of aryl methyl sites for hydroxylation is 1. The van der Waals surface area contributed by atoms with Crippen molar-refractivity contribution in [1.82, 2.24) is 20.0 Å². The Labute approximate surface area is 183 Å². The first-order valence-electron chi connectivity index (χ1n) is 10.9. The molecule has 1 aliphatic heterocycles. The molecule has 1 unspecified atom stereocenters. The van der Waals surface area contributed by atoms with E-state index in [0.29, 0.717) is 12.5 Å². The fourth-order valence-electron chi connectivity index (χ4n) is 3.98. The highest BCUT2D eigenvalue weighted by Gasteiger charge is 2.25. The average Bonchev–Trinajstić information content (AvgIpc) is 3.33. The third-order valence-electron chi connectivity index (χ3n) is 5.65. The first kappa shape index (κ1) is 21.1. The zero-order valence-electron chi connectivity index (χ0n) is 18.4. The van der Waals surface area contributed by atoms with Crippen LogP contribution in [-0.2, 0) is 18.4 Å². The Morgan fingerprint density at radius 3 is 2.48 bits per heavy atom. The molecule has 31 heavy (non-hydrogen) atoms. The third-order valence-corrected chi connectivity index (χ3v) is 5.65. The second kappa shape index (κ2) is 9.35. The fraction of sp³-hybridized carbons (Fsp3) is 0.360. The Bertz CT molecular complexity index is 1010. The van der Waals surface area contributed by atoms with Gasteiger partial charge in [-0.2, -0.15) is 5.10 Å². The summed E-state index contributed by atoms with van der Waals surface area (Å²) in [5.74, 6) is 1.78. The minimum absolute atomic E-state index is 0.161. The van der Waals surface area contributed by atoms with E-state index in [4.69, 9.17) is 9.84 Å². The summed E-state index contributed by atoms with van der Waals surface area (Å²) in [6.45, 7) is 6.03. The first-order valence-corrected chi connectivity index (χ1v) is 10.9. The van der Waals surface area contributed by atoms with Crippen LogP contribution in [0.3, 0.4) is 0 Å². The number of hydrogen-bond donors (Lipinski definition) is 1. The van der Waals surface area contributed by atoms with Crippen LogP contribution in [0.15, 0.2) is 60.8 Å². The number of amides is 1. The summed E-state index contributed by atoms with van der Waals surface area (Å²) >= 11 is 0. The molecule has 6 heteroatoms. The molecule has 1 atom stereocenters. The molecule has 1 N–H and O–H groups in total. The Morgan fingerprint density at radius 2 is 1.84 bits per heavy atom. The number of aromatic nitrogens is 2. The maximum absolute atomic E-state index is 11.6. The maximum Gasteiger partial charge on any atom is 0.220 e. The molecule has 0 radical (unpaired) electrons. The van der Waals surface area contributed by atoms with Crippen molar-refractivity contribution in [3.8, 4) is 22.8 Å². The van der Waals surface area contributed by atoms with E-state index in [-0.39, 0.29) is 11.9 Å². The van der Waals surface area contributed by atoms with E-state index in [1.54, 1.807) is 0 Å². The van der Waals surface area contributed by atoms with Crippen molar-refractivity contribution in [2.24, 2.45) is 7.05 Å². The number of hydrogen-bond acceptors (Lipinski definition) is 4. The van der Waals surface area contributed by atoms with Gasteiger partial charge >= 0.3 is 0 Å². The lowest BCUT2D eigenvalue weighted by molar-refractivity contribution is -0.119. The van der Waals surface area contributed by atoms with Crippen LogP contribution in [0.4, 0.5) is 0 Å². The topological polar surface area (TPSA) is 59.4 Å². The molecule has 4 rings (SSSR count). The summed E-state index contributed by atoms with van der Waals surface area (Å²) in [5, 5.41) is 7.82. The van der Waals surface area contributed by atoms with Gasteiger partial charge in [0.2, 0.25) is 5.91 Å². The minimum Gasteiger partial charge on any atom is -0.457 e. The number of nitrogens with one attached hydrogen (secondary N) is 1. The lowest BCUT2D eigenvalue weighted by Gasteiger charge is -2.29. The molecular weight excluding hydrogens is 388 g/mol. The number of rotatable bonds is 8. The van der Waals surface area contributed by atoms with Gasteiger partial charge in [-0.05, 0) is 56.7 Å². The zero-order chi connectivity index (χ0) is 21.8. The van der Waals surface area contributed by atoms with E-state index in [0.717, 1.165) is 42.3 Å². The minimum atomic E-state index is 0.161. The van der Waals surface area contributed by atoms with E-state index in [2.05, 4.69) is 42.4 Å². The smallest absolute Gasteiger partial charge is 0.220 e. The van der Waals surface area contributed by atoms with E-state index in [1.165, 1.54) is 5.56 Å². The quantitative estimate of drug-likeness (QED) is 0.590. The lowest BCUT2D eigenvalue weighted by atomic mass is 10.1. The van der Waals surface area contributed by atoms with Crippen molar-refractivity contribution < 1.29 is 9.53 Å². The van der Waals surface area contributed by atoms with Crippen LogP contribution >= 0.6 is 0 Å². The Hall–Kier alpha value is -3.12. The van der Waals surface area contributed by atoms with Crippen LogP contribution in [-0.4, -0.2) is 39.2 Å². The number of nitrogens with zero attached hydrogens (tertiary/aromatic N) is 3. The second-order valence-corrected chi connectivity index (χ2v) is 8.44. The molecule has 0 spiro atoms. The second-order valence-electron chi connectivity index (χ2n) is 8.44. The van der Waals surface area contributed by atoms with E-state index in [1.807, 2.05) is 54.2 Å². The van der Waals surface area contributed by atoms with Gasteiger partial charge in [-0.25, -0.2) is 0 Å². The van der Waals surface area contributed by atoms with E-state index in [9.17, 15) is 4.79 Å². The Kier molecular flexibility index (Phi) is 6.37. The summed E-state index contributed by atoms with van der Waals surface area (Å²) in [5.41, 5.74) is 3.22. The molecule has 0 bridgehead atoms. The van der Waals surface area contributed by atoms with Gasteiger partial charge in [0, 0.05) is 56.0 Å². The van der Waals surface area contributed by atoms with E-state index < -0.39 is 0 Å². The molecule has 1 saturated heterocycles. The van der Waals surface area contributed by atoms with Gasteiger partial charge in [-0.1, -0.05) is 18.2 Å². The molecule has 1 aliphatic rings. The van der Waals surface area contributed by atoms with Crippen LogP contribution in [0.5, 0.6) is 11.5 Å². The molecule has 1 fully saturated rings. The average molecular weight is 419 g/mol. The molecule has 1 amide bonds. The highest BCUT2D eigenvalue weighted by atomic mass is 16.5. The van der Waals surface area contributed by atoms with Crippen molar-refractivity contribution in [3.63, 3.8) is 0 Å². The lowest BCUT2D eigenvalue weighted by Crippen LogP contribution is -2.41. The number of ether oxygens (including phenoxy) is 1. The van der Waals surface area contributed by atoms with Crippen molar-refractivity contribution in [2.75, 3.05) is 6.54 Å². The number of carbonyl (C=O) groups excluding carboxylic acids is 1. The van der Waals surface area contributed by atoms with Gasteiger partial charge in [0.25, 0.3) is 0 Å². The number of para-hydroxylation sites is 1. The number of carbonyl (C=O) groups is 1. The zero-order valence-corrected chi connectivity index (χ0v) is 18.4. The largest absolute Gasteiger partial charge is 0.457 e. The highest BCUT2D eigenvalue weighted by Crippen LogP contribution is 2.28. The van der Waals surface area contributed by atoms with Gasteiger partial charge in [0.15, 0.2) is 0 Å². The van der Waals surface area contributed by atoms with Gasteiger partial charge in [0.05, 0.1) is 5.69 Å². The molecule has 2 aromatic carbocycles. The predicted molar refractivity (Wildman–Crippen MR) is 122 cm³/mol. The predicted octanol–water partition coefficient (Wildman–Crippen LogP) is 4.37. The molecule has 3 aromatic rings. The summed E-state index contributed by atoms with van der Waals surface area (Å²) in [6.07, 6.45) is 3.63. The summed E-state index contributed by atoms with van der Waals surface area (Å²) < 4.78 is 7.79.